The summed E-state index contributed by atoms with van der Waals surface area (Å²) < 4.78 is 0. The Morgan fingerprint density at radius 3 is 1.83 bits per heavy atom. The van der Waals surface area contributed by atoms with E-state index in [4.69, 9.17) is 0 Å². The summed E-state index contributed by atoms with van der Waals surface area (Å²) in [6.45, 7) is 0. The van der Waals surface area contributed by atoms with Crippen LogP contribution >= 0.6 is 0 Å². The van der Waals surface area contributed by atoms with Crippen molar-refractivity contribution in [2.24, 2.45) is 11.6 Å². The van der Waals surface area contributed by atoms with E-state index < -0.39 is 6.03 Å². The van der Waals surface area contributed by atoms with Crippen LogP contribution in [0.15, 0.2) is 0 Å². The van der Waals surface area contributed by atoms with Crippen molar-refractivity contribution in [2.45, 2.75) is 0 Å². The van der Waals surface area contributed by atoms with Crippen LogP contribution in [0.25, 0.3) is 0 Å². The van der Waals surface area contributed by atoms with Crippen molar-refractivity contribution < 1.29 is 4.79 Å². The van der Waals surface area contributed by atoms with Crippen molar-refractivity contribution in [3.05, 3.63) is 0 Å². The molecule has 0 radical (unpaired) electrons. The van der Waals surface area contributed by atoms with Crippen molar-refractivity contribution in [2.75, 3.05) is 0 Å². The van der Waals surface area contributed by atoms with Gasteiger partial charge in [-0.15, -0.1) is 0 Å². The number of hydrogen-bond donors (Lipinski definition) is 3. The molecule has 0 bridgehead atoms. The first-order chi connectivity index (χ1) is 2.27. The van der Waals surface area contributed by atoms with Crippen LogP contribution in [-0.2, 0) is 0 Å². The zero-order chi connectivity index (χ0) is 4.28. The van der Waals surface area contributed by atoms with Gasteiger partial charge in [-0.2, -0.15) is 0 Å². The molecule has 0 atom stereocenters. The number of hydrazine groups is 1. The van der Waals surface area contributed by atoms with Gasteiger partial charge in [0, 0.05) is 0 Å². The van der Waals surface area contributed by atoms with Gasteiger partial charge < -0.3 is 5.73 Å². The van der Waals surface area contributed by atoms with Gasteiger partial charge in [0.1, 0.15) is 0 Å². The number of hydrogen-bond acceptors (Lipinski definition) is 2. The van der Waals surface area contributed by atoms with E-state index in [1.54, 1.807) is 5.43 Å². The molecule has 38 valence electrons. The molecule has 6 heavy (non-hydrogen) atoms. The van der Waals surface area contributed by atoms with Gasteiger partial charge in [0.2, 0.25) is 0 Å². The predicted octanol–water partition coefficient (Wildman–Crippen LogP) is -2.39. The van der Waals surface area contributed by atoms with E-state index in [1.807, 2.05) is 0 Å². The van der Waals surface area contributed by atoms with E-state index in [2.05, 4.69) is 11.6 Å². The summed E-state index contributed by atoms with van der Waals surface area (Å²) in [4.78, 5) is 9.35. The third-order valence-electron chi connectivity index (χ3n) is 0.142. The molecule has 0 aliphatic carbocycles. The zero-order valence-electron chi connectivity index (χ0n) is 3.06. The van der Waals surface area contributed by atoms with Crippen LogP contribution in [0.5, 0.6) is 0 Å². The van der Waals surface area contributed by atoms with Crippen molar-refractivity contribution >= 4 is 23.1 Å². The molecule has 0 heterocycles. The number of amides is 2. The summed E-state index contributed by atoms with van der Waals surface area (Å²) in [7, 11) is 0. The van der Waals surface area contributed by atoms with Crippen LogP contribution in [0.4, 0.5) is 4.79 Å². The average Bonchev–Trinajstić information content (AvgIpc) is 1.38. The van der Waals surface area contributed by atoms with E-state index in [9.17, 15) is 4.79 Å². The first-order valence-corrected chi connectivity index (χ1v) is 1.03. The van der Waals surface area contributed by atoms with Crippen LogP contribution < -0.4 is 17.0 Å². The maximum atomic E-state index is 9.35. The molecule has 0 aromatic heterocycles. The molecule has 4 nitrogen and oxygen atoms in total. The van der Waals surface area contributed by atoms with E-state index in [0.717, 1.165) is 0 Å². The summed E-state index contributed by atoms with van der Waals surface area (Å²) in [5, 5.41) is 0. The minimum atomic E-state index is -0.718. The average molecular weight is 156 g/mol. The number of nitrogens with two attached hydrogens (primary N) is 2. The standard InChI is InChI=1S/CH5N3O.H2Se/c2-1(5)4-3;/h3H2,(H3,2,4,5);1H2. The van der Waals surface area contributed by atoms with Gasteiger partial charge in [-0.05, 0) is 0 Å². The van der Waals surface area contributed by atoms with Crippen molar-refractivity contribution in [1.29, 1.82) is 0 Å². The summed E-state index contributed by atoms with van der Waals surface area (Å²) in [6, 6.07) is -0.718. The molecule has 0 fully saturated rings. The molecule has 0 aliphatic rings. The summed E-state index contributed by atoms with van der Waals surface area (Å²) in [6.07, 6.45) is 0. The minimum absolute atomic E-state index is 0. The summed E-state index contributed by atoms with van der Waals surface area (Å²) in [5.74, 6) is 4.45. The maximum absolute atomic E-state index is 9.35. The Labute approximate surface area is 45.7 Å². The third kappa shape index (κ3) is 9.26. The normalized spacial score (nSPS) is 5.50. The Hall–Kier alpha value is -0.251. The third-order valence-corrected chi connectivity index (χ3v) is 0.142. The molecule has 5 heteroatoms. The topological polar surface area (TPSA) is 81.1 Å². The van der Waals surface area contributed by atoms with Crippen LogP contribution in [-0.4, -0.2) is 23.1 Å². The molecule has 0 aliphatic heterocycles. The Kier molecular flexibility index (Phi) is 7.30. The first kappa shape index (κ1) is 9.23. The molecule has 0 saturated heterocycles. The van der Waals surface area contributed by atoms with Gasteiger partial charge in [-0.1, -0.05) is 0 Å². The fraction of sp³-hybridized carbons (Fsp3) is 0. The number of rotatable bonds is 0. The van der Waals surface area contributed by atoms with Crippen LogP contribution in [0, 0.1) is 0 Å². The number of nitrogens with one attached hydrogen (secondary N) is 1. The van der Waals surface area contributed by atoms with Gasteiger partial charge in [0.15, 0.2) is 0 Å². The second kappa shape index (κ2) is 4.75. The summed E-state index contributed by atoms with van der Waals surface area (Å²) >= 11 is 0. The second-order valence-corrected chi connectivity index (χ2v) is 0.509. The van der Waals surface area contributed by atoms with Gasteiger partial charge >= 0.3 is 23.1 Å². The van der Waals surface area contributed by atoms with Crippen LogP contribution in [0.2, 0.25) is 0 Å². The Bertz CT molecular complexity index is 46.1. The van der Waals surface area contributed by atoms with E-state index in [1.165, 1.54) is 0 Å². The SMILES string of the molecule is NNC(N)=O.[SeH2]. The fourth-order valence-corrected chi connectivity index (χ4v) is 0. The van der Waals surface area contributed by atoms with Crippen LogP contribution in [0.1, 0.15) is 0 Å². The van der Waals surface area contributed by atoms with Gasteiger partial charge in [0.25, 0.3) is 0 Å². The van der Waals surface area contributed by atoms with Crippen molar-refractivity contribution in [3.63, 3.8) is 0 Å². The zero-order valence-corrected chi connectivity index (χ0v) is 5.16. The molecule has 0 saturated carbocycles. The molecular weight excluding hydrogens is 149 g/mol. The quantitative estimate of drug-likeness (QED) is 0.158. The molecular formula is CH7N3OSe. The number of primary amides is 1. The fourth-order valence-electron chi connectivity index (χ4n) is 0. The molecule has 0 aromatic carbocycles. The van der Waals surface area contributed by atoms with Crippen LogP contribution in [0.3, 0.4) is 0 Å². The first-order valence-electron chi connectivity index (χ1n) is 1.03. The second-order valence-electron chi connectivity index (χ2n) is 0.509. The molecule has 2 amide bonds. The van der Waals surface area contributed by atoms with E-state index >= 15 is 0 Å². The molecule has 0 rings (SSSR count). The Morgan fingerprint density at radius 2 is 1.83 bits per heavy atom. The van der Waals surface area contributed by atoms with E-state index in [0.29, 0.717) is 0 Å². The summed E-state index contributed by atoms with van der Waals surface area (Å²) in [5.41, 5.74) is 6.08. The molecule has 5 N–H and O–H groups in total. The van der Waals surface area contributed by atoms with Gasteiger partial charge in [-0.3, -0.25) is 5.43 Å². The predicted molar refractivity (Wildman–Crippen MR) is 25.5 cm³/mol. The van der Waals surface area contributed by atoms with Gasteiger partial charge in [-0.25, -0.2) is 10.6 Å². The monoisotopic (exact) mass is 157 g/mol. The van der Waals surface area contributed by atoms with Crippen molar-refractivity contribution in [3.8, 4) is 0 Å². The van der Waals surface area contributed by atoms with E-state index in [-0.39, 0.29) is 17.1 Å². The van der Waals surface area contributed by atoms with Gasteiger partial charge in [0.05, 0.1) is 0 Å². The number of carbonyl (C=O) groups is 1. The molecule has 0 spiro atoms. The molecule has 0 aromatic rings. The Balaban J connectivity index is 0. The number of urea groups is 1. The van der Waals surface area contributed by atoms with Crippen molar-refractivity contribution in [1.82, 2.24) is 5.43 Å². The molecule has 0 unspecified atom stereocenters. The number of carbonyl (C=O) groups excluding carboxylic acids is 1. The Morgan fingerprint density at radius 1 is 1.67 bits per heavy atom.